The van der Waals surface area contributed by atoms with Crippen molar-refractivity contribution in [2.75, 3.05) is 25.6 Å². The van der Waals surface area contributed by atoms with E-state index in [1.54, 1.807) is 19.5 Å². The van der Waals surface area contributed by atoms with Crippen LogP contribution in [0.15, 0.2) is 18.5 Å². The van der Waals surface area contributed by atoms with Crippen LogP contribution in [0.1, 0.15) is 35.2 Å². The number of hydrogen-bond donors (Lipinski definition) is 1. The topological polar surface area (TPSA) is 82.0 Å². The normalized spacial score (nSPS) is 17.4. The van der Waals surface area contributed by atoms with Crippen LogP contribution in [0.4, 0.5) is 5.82 Å². The molecule has 1 unspecified atom stereocenters. The lowest BCUT2D eigenvalue weighted by atomic mass is 10.0. The van der Waals surface area contributed by atoms with Crippen LogP contribution in [0.3, 0.4) is 0 Å². The Kier molecular flexibility index (Phi) is 5.09. The van der Waals surface area contributed by atoms with E-state index in [9.17, 15) is 0 Å². The van der Waals surface area contributed by atoms with Gasteiger partial charge in [-0.2, -0.15) is 0 Å². The predicted octanol–water partition coefficient (Wildman–Crippen LogP) is 1.84. The van der Waals surface area contributed by atoms with E-state index in [-0.39, 0.29) is 0 Å². The van der Waals surface area contributed by atoms with Crippen molar-refractivity contribution in [2.24, 2.45) is 0 Å². The number of ether oxygens (including phenoxy) is 2. The van der Waals surface area contributed by atoms with Crippen molar-refractivity contribution < 1.29 is 9.47 Å². The number of aromatic nitrogens is 4. The second-order valence-electron chi connectivity index (χ2n) is 5.59. The van der Waals surface area contributed by atoms with Gasteiger partial charge in [0, 0.05) is 31.9 Å². The van der Waals surface area contributed by atoms with Gasteiger partial charge in [-0.25, -0.2) is 9.97 Å². The number of aryl methyl sites for hydroxylation is 1. The molecule has 0 amide bonds. The van der Waals surface area contributed by atoms with E-state index < -0.39 is 0 Å². The van der Waals surface area contributed by atoms with Crippen LogP contribution < -0.4 is 5.32 Å². The average molecular weight is 315 g/mol. The zero-order chi connectivity index (χ0) is 16.1. The van der Waals surface area contributed by atoms with Gasteiger partial charge in [-0.05, 0) is 13.3 Å². The first kappa shape index (κ1) is 15.8. The quantitative estimate of drug-likeness (QED) is 0.871. The van der Waals surface area contributed by atoms with E-state index in [0.717, 1.165) is 35.9 Å². The van der Waals surface area contributed by atoms with Gasteiger partial charge in [0.05, 0.1) is 36.4 Å². The molecule has 2 aromatic rings. The molecule has 7 nitrogen and oxygen atoms in total. The van der Waals surface area contributed by atoms with Gasteiger partial charge < -0.3 is 14.8 Å². The highest BCUT2D eigenvalue weighted by Gasteiger charge is 2.20. The summed E-state index contributed by atoms with van der Waals surface area (Å²) in [5.74, 6) is 1.78. The predicted molar refractivity (Wildman–Crippen MR) is 85.0 cm³/mol. The van der Waals surface area contributed by atoms with Crippen molar-refractivity contribution in [3.05, 3.63) is 41.4 Å². The third kappa shape index (κ3) is 4.20. The molecule has 0 spiro atoms. The zero-order valence-corrected chi connectivity index (χ0v) is 13.5. The van der Waals surface area contributed by atoms with Crippen LogP contribution in [0.25, 0.3) is 0 Å². The Morgan fingerprint density at radius 1 is 1.30 bits per heavy atom. The molecule has 3 heterocycles. The van der Waals surface area contributed by atoms with Crippen LogP contribution in [0.2, 0.25) is 0 Å². The summed E-state index contributed by atoms with van der Waals surface area (Å²) in [6.07, 6.45) is 4.52. The van der Waals surface area contributed by atoms with E-state index in [4.69, 9.17) is 9.47 Å². The molecule has 0 aromatic carbocycles. The van der Waals surface area contributed by atoms with E-state index in [1.807, 2.05) is 13.0 Å². The third-order valence-corrected chi connectivity index (χ3v) is 3.70. The van der Waals surface area contributed by atoms with Crippen LogP contribution in [0.5, 0.6) is 0 Å². The SMILES string of the molecule is COCc1nc(NCc2cnc(C)cn2)cc(C2CCOC2)n1. The summed E-state index contributed by atoms with van der Waals surface area (Å²) in [5, 5.41) is 3.29. The molecule has 1 atom stereocenters. The number of hydrogen-bond acceptors (Lipinski definition) is 7. The lowest BCUT2D eigenvalue weighted by molar-refractivity contribution is 0.177. The highest BCUT2D eigenvalue weighted by atomic mass is 16.5. The molecule has 1 fully saturated rings. The molecule has 1 N–H and O–H groups in total. The molecule has 3 rings (SSSR count). The molecule has 1 aliphatic heterocycles. The number of methoxy groups -OCH3 is 1. The molecule has 23 heavy (non-hydrogen) atoms. The van der Waals surface area contributed by atoms with E-state index in [0.29, 0.717) is 31.5 Å². The summed E-state index contributed by atoms with van der Waals surface area (Å²) in [5.41, 5.74) is 2.77. The fraction of sp³-hybridized carbons (Fsp3) is 0.500. The van der Waals surface area contributed by atoms with Gasteiger partial charge in [-0.3, -0.25) is 9.97 Å². The highest BCUT2D eigenvalue weighted by Crippen LogP contribution is 2.25. The van der Waals surface area contributed by atoms with Crippen molar-refractivity contribution >= 4 is 5.82 Å². The fourth-order valence-corrected chi connectivity index (χ4v) is 2.47. The monoisotopic (exact) mass is 315 g/mol. The summed E-state index contributed by atoms with van der Waals surface area (Å²) < 4.78 is 10.6. The van der Waals surface area contributed by atoms with Crippen LogP contribution in [0, 0.1) is 6.92 Å². The minimum absolute atomic E-state index is 0.327. The maximum absolute atomic E-state index is 5.46. The van der Waals surface area contributed by atoms with Gasteiger partial charge >= 0.3 is 0 Å². The first-order chi connectivity index (χ1) is 11.2. The molecule has 0 radical (unpaired) electrons. The van der Waals surface area contributed by atoms with Gasteiger partial charge in [0.25, 0.3) is 0 Å². The first-order valence-electron chi connectivity index (χ1n) is 7.70. The van der Waals surface area contributed by atoms with Gasteiger partial charge in [0.2, 0.25) is 0 Å². The molecule has 0 aliphatic carbocycles. The molecule has 0 bridgehead atoms. The minimum atomic E-state index is 0.327. The smallest absolute Gasteiger partial charge is 0.156 e. The Labute approximate surface area is 135 Å². The van der Waals surface area contributed by atoms with E-state index in [2.05, 4.69) is 25.3 Å². The lowest BCUT2D eigenvalue weighted by Crippen LogP contribution is -2.10. The molecule has 122 valence electrons. The summed E-state index contributed by atoms with van der Waals surface area (Å²) >= 11 is 0. The van der Waals surface area contributed by atoms with Crippen molar-refractivity contribution in [3.8, 4) is 0 Å². The summed E-state index contributed by atoms with van der Waals surface area (Å²) in [7, 11) is 1.64. The standard InChI is InChI=1S/C16H21N5O2/c1-11-6-18-13(7-17-11)8-19-15-5-14(12-3-4-23-9-12)20-16(21-15)10-22-2/h5-7,12H,3-4,8-10H2,1-2H3,(H,19,20,21). The Hall–Kier alpha value is -2.12. The van der Waals surface area contributed by atoms with Crippen LogP contribution in [-0.4, -0.2) is 40.3 Å². The molecule has 1 saturated heterocycles. The number of anilines is 1. The van der Waals surface area contributed by atoms with Crippen molar-refractivity contribution in [1.29, 1.82) is 0 Å². The zero-order valence-electron chi connectivity index (χ0n) is 13.5. The van der Waals surface area contributed by atoms with E-state index >= 15 is 0 Å². The van der Waals surface area contributed by atoms with Crippen molar-refractivity contribution in [3.63, 3.8) is 0 Å². The van der Waals surface area contributed by atoms with Crippen molar-refractivity contribution in [1.82, 2.24) is 19.9 Å². The van der Waals surface area contributed by atoms with E-state index in [1.165, 1.54) is 0 Å². The second-order valence-corrected chi connectivity index (χ2v) is 5.59. The molecule has 2 aromatic heterocycles. The number of rotatable bonds is 6. The number of nitrogens with zero attached hydrogens (tertiary/aromatic N) is 4. The summed E-state index contributed by atoms with van der Waals surface area (Å²) in [4.78, 5) is 17.7. The largest absolute Gasteiger partial charge is 0.381 e. The summed E-state index contributed by atoms with van der Waals surface area (Å²) in [6, 6.07) is 1.99. The first-order valence-corrected chi connectivity index (χ1v) is 7.70. The molecule has 7 heteroatoms. The van der Waals surface area contributed by atoms with Crippen molar-refractivity contribution in [2.45, 2.75) is 32.4 Å². The third-order valence-electron chi connectivity index (χ3n) is 3.70. The number of nitrogens with one attached hydrogen (secondary N) is 1. The Morgan fingerprint density at radius 3 is 2.91 bits per heavy atom. The lowest BCUT2D eigenvalue weighted by Gasteiger charge is -2.12. The maximum Gasteiger partial charge on any atom is 0.156 e. The molecular weight excluding hydrogens is 294 g/mol. The minimum Gasteiger partial charge on any atom is -0.381 e. The maximum atomic E-state index is 5.46. The highest BCUT2D eigenvalue weighted by molar-refractivity contribution is 5.37. The Bertz CT molecular complexity index is 641. The Morgan fingerprint density at radius 2 is 2.22 bits per heavy atom. The molecule has 1 aliphatic rings. The Balaban J connectivity index is 1.75. The van der Waals surface area contributed by atoms with Crippen LogP contribution in [-0.2, 0) is 22.6 Å². The average Bonchev–Trinajstić information content (AvgIpc) is 3.09. The van der Waals surface area contributed by atoms with Crippen LogP contribution >= 0.6 is 0 Å². The fourth-order valence-electron chi connectivity index (χ4n) is 2.47. The van der Waals surface area contributed by atoms with Gasteiger partial charge in [-0.1, -0.05) is 0 Å². The summed E-state index contributed by atoms with van der Waals surface area (Å²) in [6.45, 7) is 4.38. The van der Waals surface area contributed by atoms with Gasteiger partial charge in [-0.15, -0.1) is 0 Å². The molecule has 0 saturated carbocycles. The molecular formula is C16H21N5O2. The van der Waals surface area contributed by atoms with Gasteiger partial charge in [0.1, 0.15) is 12.4 Å². The second kappa shape index (κ2) is 7.43. The van der Waals surface area contributed by atoms with Gasteiger partial charge in [0.15, 0.2) is 5.82 Å².